The number of hydrogen-bond donors (Lipinski definition) is 8. The number of aliphatic hydroxyl groups excluding tert-OH is 5. The number of methoxy groups -OCH3 is 6. The molecule has 7 rings (SSSR count). The van der Waals surface area contributed by atoms with Crippen LogP contribution in [0.25, 0.3) is 0 Å². The lowest BCUT2D eigenvalue weighted by Crippen LogP contribution is -2.69. The zero-order chi connectivity index (χ0) is 67.7. The van der Waals surface area contributed by atoms with Gasteiger partial charge in [-0.25, -0.2) is 14.4 Å². The number of esters is 6. The van der Waals surface area contributed by atoms with Crippen LogP contribution in [0.1, 0.15) is 145 Å². The molecule has 0 spiro atoms. The number of ether oxygens (including phenoxy) is 10. The Kier molecular flexibility index (Phi) is 22.7. The molecule has 4 saturated carbocycles. The molecule has 2 heterocycles. The topological polar surface area (TPSA) is 400 Å². The Balaban J connectivity index is 1.18. The van der Waals surface area contributed by atoms with Gasteiger partial charge in [-0.15, -0.1) is 0 Å². The number of hydrogen-bond acceptors (Lipinski definition) is 25. The van der Waals surface area contributed by atoms with Crippen molar-refractivity contribution < 1.29 is 121 Å². The Morgan fingerprint density at radius 1 is 0.549 bits per heavy atom. The van der Waals surface area contributed by atoms with Gasteiger partial charge in [-0.05, 0) is 122 Å². The summed E-state index contributed by atoms with van der Waals surface area (Å²) in [5, 5.41) is 65.2. The molecule has 0 aromatic carbocycles. The van der Waals surface area contributed by atoms with E-state index in [1.807, 2.05) is 26.8 Å². The van der Waals surface area contributed by atoms with Crippen LogP contribution in [-0.2, 0) is 95.3 Å². The molecular weight excluding hydrogens is 1200 g/mol. The summed E-state index contributed by atoms with van der Waals surface area (Å²) < 4.78 is 53.9. The van der Waals surface area contributed by atoms with Gasteiger partial charge in [-0.3, -0.25) is 33.6 Å². The van der Waals surface area contributed by atoms with Crippen molar-refractivity contribution in [2.45, 2.75) is 230 Å². The molecule has 6 fully saturated rings. The highest BCUT2D eigenvalue weighted by atomic mass is 16.8. The van der Waals surface area contributed by atoms with Gasteiger partial charge in [0.15, 0.2) is 30.6 Å². The normalized spacial score (nSPS) is 38.3. The third-order valence-corrected chi connectivity index (χ3v) is 22.3. The van der Waals surface area contributed by atoms with Gasteiger partial charge in [0.1, 0.15) is 54.7 Å². The van der Waals surface area contributed by atoms with E-state index in [-0.39, 0.29) is 73.9 Å². The van der Waals surface area contributed by atoms with E-state index in [0.717, 1.165) is 46.9 Å². The van der Waals surface area contributed by atoms with E-state index < -0.39 is 166 Å². The second kappa shape index (κ2) is 28.5. The minimum Gasteiger partial charge on any atom is -0.469 e. The van der Waals surface area contributed by atoms with Gasteiger partial charge in [0.25, 0.3) is 11.8 Å². The van der Waals surface area contributed by atoms with Crippen LogP contribution in [0, 0.1) is 50.2 Å². The molecule has 22 atom stereocenters. The molecule has 5 aliphatic carbocycles. The van der Waals surface area contributed by atoms with Crippen LogP contribution in [0.4, 0.5) is 0 Å². The molecule has 512 valence electrons. The molecular formula is C63H95N3O25. The van der Waals surface area contributed by atoms with Crippen molar-refractivity contribution in [1.82, 2.24) is 16.0 Å². The summed E-state index contributed by atoms with van der Waals surface area (Å²) >= 11 is 0. The summed E-state index contributed by atoms with van der Waals surface area (Å²) in [6.45, 7) is 14.6. The zero-order valence-corrected chi connectivity index (χ0v) is 54.4. The van der Waals surface area contributed by atoms with Gasteiger partial charge in [0, 0.05) is 30.6 Å². The number of rotatable bonds is 22. The minimum atomic E-state index is -2.22. The molecule has 8 N–H and O–H groups in total. The van der Waals surface area contributed by atoms with E-state index >= 15 is 4.79 Å². The summed E-state index contributed by atoms with van der Waals surface area (Å²) in [5.41, 5.74) is -2.85. The second-order valence-electron chi connectivity index (χ2n) is 27.7. The zero-order valence-electron chi connectivity index (χ0n) is 54.4. The van der Waals surface area contributed by atoms with E-state index in [1.165, 1.54) is 14.2 Å². The van der Waals surface area contributed by atoms with Gasteiger partial charge in [0.05, 0.1) is 48.8 Å². The molecule has 0 aromatic heterocycles. The van der Waals surface area contributed by atoms with Crippen LogP contribution >= 0.6 is 0 Å². The first-order valence-electron chi connectivity index (χ1n) is 31.2. The standard InChI is InChI=1S/C63H95N3O25/c1-58(2)36-20-23-63(7)49(35(67)28-30-31-29-60(4,25-24-59(31,3)26-27-62(30,63)6)57(81)66-34(54(80)87-13)16-19-40(70)84-10)61(36,5)22-21-37(58)88-56-48(44(74)43(73)47(90-56)51(77)65-33(53(79)86-12)15-18-39(69)83-9)91-55-45(75)41(71)42(72)46(89-55)50(76)64-32(52(78)85-11)14-17-38(68)82-8/h28,31-34,36-37,41-49,55-56,71-75H,14-27,29H2,1-13H3,(H,64,76)(H,65,77)(H,66,81)/t31?,32?,33?,34?,36?,37?,41?,42?,43?,44?,45?,46?,47?,48?,49?,55?,56?,59-,60+,61+,62-,63-/m1/s1. The third-order valence-electron chi connectivity index (χ3n) is 22.3. The number of aliphatic hydroxyl groups is 5. The highest BCUT2D eigenvalue weighted by Gasteiger charge is 2.71. The lowest BCUT2D eigenvalue weighted by Gasteiger charge is -2.70. The number of allylic oxidation sites excluding steroid dienone is 2. The summed E-state index contributed by atoms with van der Waals surface area (Å²) in [6, 6.07) is -4.09. The molecule has 7 aliphatic rings. The van der Waals surface area contributed by atoms with Crippen molar-refractivity contribution in [3.05, 3.63) is 11.6 Å². The smallest absolute Gasteiger partial charge is 0.328 e. The lowest BCUT2D eigenvalue weighted by atomic mass is 9.33. The van der Waals surface area contributed by atoms with Gasteiger partial charge < -0.3 is 88.9 Å². The summed E-state index contributed by atoms with van der Waals surface area (Å²) in [6.07, 6.45) is -16.6. The first-order chi connectivity index (χ1) is 42.6. The van der Waals surface area contributed by atoms with Crippen molar-refractivity contribution in [1.29, 1.82) is 0 Å². The predicted molar refractivity (Wildman–Crippen MR) is 312 cm³/mol. The van der Waals surface area contributed by atoms with Crippen LogP contribution < -0.4 is 16.0 Å². The van der Waals surface area contributed by atoms with Gasteiger partial charge >= 0.3 is 35.8 Å². The molecule has 2 aliphatic heterocycles. The Morgan fingerprint density at radius 2 is 1.02 bits per heavy atom. The fraction of sp³-hybridized carbons (Fsp3) is 0.810. The number of amides is 3. The quantitative estimate of drug-likeness (QED) is 0.0423. The van der Waals surface area contributed by atoms with Crippen LogP contribution in [0.15, 0.2) is 11.6 Å². The first kappa shape index (κ1) is 72.7. The molecule has 28 nitrogen and oxygen atoms in total. The largest absolute Gasteiger partial charge is 0.469 e. The van der Waals surface area contributed by atoms with Crippen molar-refractivity contribution in [3.8, 4) is 0 Å². The molecule has 2 saturated heterocycles. The predicted octanol–water partition coefficient (Wildman–Crippen LogP) is 0.825. The maximum Gasteiger partial charge on any atom is 0.328 e. The number of ketones is 1. The summed E-state index contributed by atoms with van der Waals surface area (Å²) in [5.74, 6) is -8.39. The lowest BCUT2D eigenvalue weighted by molar-refractivity contribution is -0.369. The van der Waals surface area contributed by atoms with Gasteiger partial charge in [0.2, 0.25) is 5.91 Å². The molecule has 0 bridgehead atoms. The highest BCUT2D eigenvalue weighted by Crippen LogP contribution is 2.75. The van der Waals surface area contributed by atoms with Crippen molar-refractivity contribution in [2.75, 3.05) is 42.7 Å². The molecule has 17 unspecified atom stereocenters. The maximum absolute atomic E-state index is 15.5. The molecule has 0 aromatic rings. The Morgan fingerprint density at radius 3 is 1.52 bits per heavy atom. The molecule has 91 heavy (non-hydrogen) atoms. The molecule has 28 heteroatoms. The SMILES string of the molecule is COC(=O)CCC(NC(=O)C1OC(OC2C(OC3CC[C@@]4(C)C(CC[C@]5(C)C4C(=O)C=C4C6C[C@@](C)(C(=O)NC(CCC(=O)OC)C(=O)OC)CC[C@]6(C)CC[C@]45C)C3(C)C)OC(C(=O)NC(CCC(=O)OC)C(=O)OC)C(O)C2O)C(O)C(O)C1O)C(=O)OC. The number of nitrogens with one attached hydrogen (secondary N) is 3. The van der Waals surface area contributed by atoms with E-state index in [4.69, 9.17) is 42.6 Å². The summed E-state index contributed by atoms with van der Waals surface area (Å²) in [4.78, 5) is 133. The monoisotopic (exact) mass is 1290 g/mol. The van der Waals surface area contributed by atoms with Crippen LogP contribution in [0.2, 0.25) is 0 Å². The van der Waals surface area contributed by atoms with Crippen LogP contribution in [0.3, 0.4) is 0 Å². The van der Waals surface area contributed by atoms with Gasteiger partial charge in [-0.1, -0.05) is 54.0 Å². The van der Waals surface area contributed by atoms with E-state index in [9.17, 15) is 68.7 Å². The van der Waals surface area contributed by atoms with E-state index in [1.54, 1.807) is 0 Å². The van der Waals surface area contributed by atoms with Crippen molar-refractivity contribution in [2.24, 2.45) is 50.2 Å². The summed E-state index contributed by atoms with van der Waals surface area (Å²) in [7, 11) is 6.76. The van der Waals surface area contributed by atoms with Gasteiger partial charge in [-0.2, -0.15) is 0 Å². The van der Waals surface area contributed by atoms with Crippen LogP contribution in [0.5, 0.6) is 0 Å². The van der Waals surface area contributed by atoms with Crippen LogP contribution in [-0.4, -0.2) is 213 Å². The average molecular weight is 1290 g/mol. The minimum absolute atomic E-state index is 0.0180. The molecule has 0 radical (unpaired) electrons. The maximum atomic E-state index is 15.5. The number of carbonyl (C=O) groups excluding carboxylic acids is 10. The Labute approximate surface area is 529 Å². The van der Waals surface area contributed by atoms with Crippen molar-refractivity contribution >= 4 is 59.3 Å². The molecule has 3 amide bonds. The van der Waals surface area contributed by atoms with Crippen molar-refractivity contribution in [3.63, 3.8) is 0 Å². The van der Waals surface area contributed by atoms with E-state index in [0.29, 0.717) is 38.5 Å². The third kappa shape index (κ3) is 14.1. The number of fused-ring (bicyclic) bond motifs is 7. The van der Waals surface area contributed by atoms with E-state index in [2.05, 4.69) is 48.4 Å². The average Bonchev–Trinajstić information content (AvgIpc) is 0.675. The Hall–Kier alpha value is -5.72. The second-order valence-corrected chi connectivity index (χ2v) is 27.7. The fourth-order valence-electron chi connectivity index (χ4n) is 16.5. The highest BCUT2D eigenvalue weighted by molar-refractivity contribution is 5.96. The Bertz CT molecular complexity index is 2800. The fourth-order valence-corrected chi connectivity index (χ4v) is 16.5. The number of carbonyl (C=O) groups is 10. The first-order valence-corrected chi connectivity index (χ1v) is 31.2.